The number of fused-ring (bicyclic) bond motifs is 1. The SMILES string of the molecule is COC(=O)Cc1ccc(CNC(=O)c2ccc3c(c2)NCCC(=O)N3)s1. The molecule has 3 rings (SSSR count). The Labute approximate surface area is 154 Å². The van der Waals surface area contributed by atoms with Crippen molar-refractivity contribution >= 4 is 40.5 Å². The van der Waals surface area contributed by atoms with Crippen LogP contribution in [0.3, 0.4) is 0 Å². The molecule has 0 fully saturated rings. The van der Waals surface area contributed by atoms with Crippen molar-refractivity contribution in [2.45, 2.75) is 19.4 Å². The molecule has 1 aromatic heterocycles. The van der Waals surface area contributed by atoms with E-state index in [2.05, 4.69) is 20.7 Å². The number of esters is 1. The average molecular weight is 373 g/mol. The van der Waals surface area contributed by atoms with Gasteiger partial charge in [0.1, 0.15) is 0 Å². The second-order valence-corrected chi connectivity index (χ2v) is 7.04. The number of anilines is 2. The van der Waals surface area contributed by atoms with Crippen LogP contribution in [0.4, 0.5) is 11.4 Å². The predicted molar refractivity (Wildman–Crippen MR) is 99.4 cm³/mol. The minimum absolute atomic E-state index is 0.0473. The van der Waals surface area contributed by atoms with Crippen molar-refractivity contribution in [3.8, 4) is 0 Å². The molecule has 1 aliphatic heterocycles. The highest BCUT2D eigenvalue weighted by Crippen LogP contribution is 2.25. The summed E-state index contributed by atoms with van der Waals surface area (Å²) in [5.74, 6) is -0.533. The largest absolute Gasteiger partial charge is 0.469 e. The zero-order chi connectivity index (χ0) is 18.5. The molecule has 136 valence electrons. The number of amides is 2. The van der Waals surface area contributed by atoms with E-state index in [1.54, 1.807) is 18.2 Å². The van der Waals surface area contributed by atoms with E-state index < -0.39 is 0 Å². The van der Waals surface area contributed by atoms with Gasteiger partial charge in [-0.3, -0.25) is 14.4 Å². The number of thiophene rings is 1. The number of hydrogen-bond acceptors (Lipinski definition) is 6. The molecule has 26 heavy (non-hydrogen) atoms. The summed E-state index contributed by atoms with van der Waals surface area (Å²) in [4.78, 5) is 37.1. The highest BCUT2D eigenvalue weighted by molar-refractivity contribution is 7.12. The summed E-state index contributed by atoms with van der Waals surface area (Å²) in [6.45, 7) is 0.911. The fraction of sp³-hybridized carbons (Fsp3) is 0.278. The van der Waals surface area contributed by atoms with E-state index in [1.807, 2.05) is 12.1 Å². The van der Waals surface area contributed by atoms with Crippen LogP contribution in [0.15, 0.2) is 30.3 Å². The zero-order valence-electron chi connectivity index (χ0n) is 14.3. The first-order chi connectivity index (χ1) is 12.5. The number of rotatable bonds is 5. The Morgan fingerprint density at radius 3 is 2.81 bits per heavy atom. The highest BCUT2D eigenvalue weighted by Gasteiger charge is 2.15. The van der Waals surface area contributed by atoms with Gasteiger partial charge in [-0.1, -0.05) is 0 Å². The second-order valence-electron chi connectivity index (χ2n) is 5.79. The number of ether oxygens (including phenoxy) is 1. The molecule has 0 bridgehead atoms. The average Bonchev–Trinajstić information content (AvgIpc) is 2.98. The summed E-state index contributed by atoms with van der Waals surface area (Å²) in [6, 6.07) is 8.88. The first kappa shape index (κ1) is 17.9. The van der Waals surface area contributed by atoms with Crippen molar-refractivity contribution in [1.29, 1.82) is 0 Å². The Balaban J connectivity index is 1.61. The molecule has 0 saturated heterocycles. The molecule has 0 saturated carbocycles. The quantitative estimate of drug-likeness (QED) is 0.698. The lowest BCUT2D eigenvalue weighted by atomic mass is 10.1. The van der Waals surface area contributed by atoms with Crippen molar-refractivity contribution in [3.63, 3.8) is 0 Å². The van der Waals surface area contributed by atoms with Crippen LogP contribution in [-0.4, -0.2) is 31.4 Å². The van der Waals surface area contributed by atoms with Crippen LogP contribution in [0.1, 0.15) is 26.5 Å². The van der Waals surface area contributed by atoms with Gasteiger partial charge in [0.25, 0.3) is 5.91 Å². The van der Waals surface area contributed by atoms with E-state index in [-0.39, 0.29) is 24.2 Å². The van der Waals surface area contributed by atoms with Crippen LogP contribution >= 0.6 is 11.3 Å². The number of carbonyl (C=O) groups is 3. The van der Waals surface area contributed by atoms with Gasteiger partial charge in [0.2, 0.25) is 5.91 Å². The maximum atomic E-state index is 12.4. The fourth-order valence-corrected chi connectivity index (χ4v) is 3.50. The molecule has 0 aliphatic carbocycles. The summed E-state index contributed by atoms with van der Waals surface area (Å²) in [5.41, 5.74) is 1.92. The number of nitrogens with one attached hydrogen (secondary N) is 3. The summed E-state index contributed by atoms with van der Waals surface area (Å²) < 4.78 is 4.65. The third kappa shape index (κ3) is 4.40. The molecule has 3 N–H and O–H groups in total. The van der Waals surface area contributed by atoms with Crippen molar-refractivity contribution in [3.05, 3.63) is 45.6 Å². The molecule has 0 atom stereocenters. The van der Waals surface area contributed by atoms with Crippen molar-refractivity contribution in [2.75, 3.05) is 24.3 Å². The van der Waals surface area contributed by atoms with Gasteiger partial charge in [0.05, 0.1) is 31.5 Å². The molecule has 0 unspecified atom stereocenters. The van der Waals surface area contributed by atoms with E-state index in [0.29, 0.717) is 30.8 Å². The molecular weight excluding hydrogens is 354 g/mol. The molecular formula is C18H19N3O4S. The smallest absolute Gasteiger partial charge is 0.310 e. The minimum atomic E-state index is -0.285. The normalized spacial score (nSPS) is 13.0. The Hall–Kier alpha value is -2.87. The molecule has 0 spiro atoms. The Kier molecular flexibility index (Phi) is 5.52. The number of carbonyl (C=O) groups excluding carboxylic acids is 3. The first-order valence-electron chi connectivity index (χ1n) is 8.15. The molecule has 2 aromatic rings. The number of benzene rings is 1. The van der Waals surface area contributed by atoms with Gasteiger partial charge in [-0.15, -0.1) is 11.3 Å². The minimum Gasteiger partial charge on any atom is -0.469 e. The monoisotopic (exact) mass is 373 g/mol. The maximum Gasteiger partial charge on any atom is 0.310 e. The summed E-state index contributed by atoms with van der Waals surface area (Å²) in [6.07, 6.45) is 0.625. The van der Waals surface area contributed by atoms with Gasteiger partial charge in [0, 0.05) is 28.3 Å². The lowest BCUT2D eigenvalue weighted by Crippen LogP contribution is -2.22. The van der Waals surface area contributed by atoms with E-state index in [1.165, 1.54) is 18.4 Å². The van der Waals surface area contributed by atoms with Crippen LogP contribution in [0.25, 0.3) is 0 Å². The van der Waals surface area contributed by atoms with Crippen molar-refractivity contribution < 1.29 is 19.1 Å². The van der Waals surface area contributed by atoms with Gasteiger partial charge in [-0.2, -0.15) is 0 Å². The van der Waals surface area contributed by atoms with E-state index in [4.69, 9.17) is 0 Å². The fourth-order valence-electron chi connectivity index (χ4n) is 2.56. The summed E-state index contributed by atoms with van der Waals surface area (Å²) >= 11 is 1.46. The van der Waals surface area contributed by atoms with Crippen LogP contribution < -0.4 is 16.0 Å². The van der Waals surface area contributed by atoms with Crippen LogP contribution in [0.5, 0.6) is 0 Å². The van der Waals surface area contributed by atoms with Gasteiger partial charge in [-0.05, 0) is 30.3 Å². The van der Waals surface area contributed by atoms with Crippen molar-refractivity contribution in [2.24, 2.45) is 0 Å². The zero-order valence-corrected chi connectivity index (χ0v) is 15.1. The summed E-state index contributed by atoms with van der Waals surface area (Å²) in [7, 11) is 1.36. The molecule has 8 heteroatoms. The molecule has 2 amide bonds. The van der Waals surface area contributed by atoms with Gasteiger partial charge in [-0.25, -0.2) is 0 Å². The number of hydrogen-bond donors (Lipinski definition) is 3. The first-order valence-corrected chi connectivity index (χ1v) is 8.97. The molecule has 1 aliphatic rings. The predicted octanol–water partition coefficient (Wildman–Crippen LogP) is 2.15. The van der Waals surface area contributed by atoms with E-state index >= 15 is 0 Å². The van der Waals surface area contributed by atoms with Crippen molar-refractivity contribution in [1.82, 2.24) is 5.32 Å². The van der Waals surface area contributed by atoms with Crippen LogP contribution in [0.2, 0.25) is 0 Å². The van der Waals surface area contributed by atoms with E-state index in [0.717, 1.165) is 15.4 Å². The van der Waals surface area contributed by atoms with Crippen LogP contribution in [-0.2, 0) is 27.3 Å². The van der Waals surface area contributed by atoms with Gasteiger partial charge in [0.15, 0.2) is 0 Å². The standard InChI is InChI=1S/C18H19N3O4S/c1-25-17(23)9-12-3-4-13(26-12)10-20-18(24)11-2-5-14-15(8-11)19-7-6-16(22)21-14/h2-5,8,19H,6-7,9-10H2,1H3,(H,20,24)(H,21,22). The Bertz CT molecular complexity index is 847. The van der Waals surface area contributed by atoms with E-state index in [9.17, 15) is 14.4 Å². The molecule has 7 nitrogen and oxygen atoms in total. The highest BCUT2D eigenvalue weighted by atomic mass is 32.1. The maximum absolute atomic E-state index is 12.4. The molecule has 2 heterocycles. The third-order valence-electron chi connectivity index (χ3n) is 3.91. The second kappa shape index (κ2) is 8.01. The lowest BCUT2D eigenvalue weighted by molar-refractivity contribution is -0.139. The molecule has 1 aromatic carbocycles. The van der Waals surface area contributed by atoms with Gasteiger partial charge < -0.3 is 20.7 Å². The summed E-state index contributed by atoms with van der Waals surface area (Å²) in [5, 5.41) is 8.81. The van der Waals surface area contributed by atoms with Crippen LogP contribution in [0, 0.1) is 0 Å². The lowest BCUT2D eigenvalue weighted by Gasteiger charge is -2.10. The third-order valence-corrected chi connectivity index (χ3v) is 5.00. The molecule has 0 radical (unpaired) electrons. The topological polar surface area (TPSA) is 96.5 Å². The number of methoxy groups -OCH3 is 1. The Morgan fingerprint density at radius 2 is 2.00 bits per heavy atom. The van der Waals surface area contributed by atoms with Gasteiger partial charge >= 0.3 is 5.97 Å². The Morgan fingerprint density at radius 1 is 1.19 bits per heavy atom.